The Morgan fingerprint density at radius 2 is 1.90 bits per heavy atom. The summed E-state index contributed by atoms with van der Waals surface area (Å²) in [5, 5.41) is 0.217. The minimum absolute atomic E-state index is 0.206. The number of ether oxygens (including phenoxy) is 1. The third-order valence-corrected chi connectivity index (χ3v) is 3.18. The SMILES string of the molecule is CC#CCOc1ccc(-c2ccc(Cl)c(=O)n2C)cc1. The predicted molar refractivity (Wildman–Crippen MR) is 81.1 cm³/mol. The van der Waals surface area contributed by atoms with Gasteiger partial charge in [0.2, 0.25) is 0 Å². The van der Waals surface area contributed by atoms with Crippen molar-refractivity contribution in [2.75, 3.05) is 6.61 Å². The summed E-state index contributed by atoms with van der Waals surface area (Å²) in [6.45, 7) is 2.14. The molecule has 1 heterocycles. The first-order valence-corrected chi connectivity index (χ1v) is 6.49. The molecular weight excluding hydrogens is 274 g/mol. The molecule has 0 aliphatic rings. The Morgan fingerprint density at radius 1 is 1.20 bits per heavy atom. The van der Waals surface area contributed by atoms with Crippen LogP contribution in [0.1, 0.15) is 6.92 Å². The van der Waals surface area contributed by atoms with Crippen molar-refractivity contribution < 1.29 is 4.74 Å². The monoisotopic (exact) mass is 287 g/mol. The minimum atomic E-state index is -0.206. The second kappa shape index (κ2) is 6.31. The fourth-order valence-corrected chi connectivity index (χ4v) is 2.00. The van der Waals surface area contributed by atoms with Crippen LogP contribution in [0.15, 0.2) is 41.2 Å². The van der Waals surface area contributed by atoms with E-state index >= 15 is 0 Å². The van der Waals surface area contributed by atoms with Crippen LogP contribution in [0.4, 0.5) is 0 Å². The zero-order valence-electron chi connectivity index (χ0n) is 11.3. The second-order valence-corrected chi connectivity index (χ2v) is 4.58. The van der Waals surface area contributed by atoms with Crippen molar-refractivity contribution in [3.05, 3.63) is 51.8 Å². The lowest BCUT2D eigenvalue weighted by molar-refractivity contribution is 0.370. The van der Waals surface area contributed by atoms with Crippen LogP contribution in [0.25, 0.3) is 11.3 Å². The number of halogens is 1. The Morgan fingerprint density at radius 3 is 2.55 bits per heavy atom. The third-order valence-electron chi connectivity index (χ3n) is 2.90. The molecule has 0 unspecified atom stereocenters. The number of hydrogen-bond donors (Lipinski definition) is 0. The highest BCUT2D eigenvalue weighted by Crippen LogP contribution is 2.21. The zero-order valence-corrected chi connectivity index (χ0v) is 12.1. The number of pyridine rings is 1. The number of aromatic nitrogens is 1. The minimum Gasteiger partial charge on any atom is -0.481 e. The van der Waals surface area contributed by atoms with Gasteiger partial charge in [0.25, 0.3) is 5.56 Å². The maximum absolute atomic E-state index is 11.8. The molecule has 0 saturated carbocycles. The van der Waals surface area contributed by atoms with Crippen molar-refractivity contribution in [1.29, 1.82) is 0 Å². The molecule has 1 aromatic carbocycles. The van der Waals surface area contributed by atoms with Crippen LogP contribution in [-0.4, -0.2) is 11.2 Å². The van der Waals surface area contributed by atoms with E-state index in [4.69, 9.17) is 16.3 Å². The van der Waals surface area contributed by atoms with E-state index in [-0.39, 0.29) is 10.6 Å². The summed E-state index contributed by atoms with van der Waals surface area (Å²) in [6, 6.07) is 10.9. The highest BCUT2D eigenvalue weighted by Gasteiger charge is 2.06. The van der Waals surface area contributed by atoms with E-state index in [1.165, 1.54) is 4.57 Å². The maximum atomic E-state index is 11.8. The summed E-state index contributed by atoms with van der Waals surface area (Å²) >= 11 is 5.80. The molecule has 0 aliphatic carbocycles. The molecule has 2 rings (SSSR count). The number of hydrogen-bond acceptors (Lipinski definition) is 2. The summed E-state index contributed by atoms with van der Waals surface area (Å²) in [4.78, 5) is 11.8. The van der Waals surface area contributed by atoms with E-state index in [2.05, 4.69) is 11.8 Å². The lowest BCUT2D eigenvalue weighted by Gasteiger charge is -2.09. The summed E-state index contributed by atoms with van der Waals surface area (Å²) < 4.78 is 6.98. The summed E-state index contributed by atoms with van der Waals surface area (Å²) in [5.74, 6) is 6.35. The highest BCUT2D eigenvalue weighted by molar-refractivity contribution is 6.30. The Balaban J connectivity index is 2.28. The van der Waals surface area contributed by atoms with Crippen LogP contribution in [-0.2, 0) is 7.05 Å². The predicted octanol–water partition coefficient (Wildman–Crippen LogP) is 3.11. The van der Waals surface area contributed by atoms with Gasteiger partial charge >= 0.3 is 0 Å². The van der Waals surface area contributed by atoms with E-state index < -0.39 is 0 Å². The van der Waals surface area contributed by atoms with Crippen LogP contribution >= 0.6 is 11.6 Å². The fraction of sp³-hybridized carbons (Fsp3) is 0.188. The van der Waals surface area contributed by atoms with Gasteiger partial charge < -0.3 is 9.30 Å². The van der Waals surface area contributed by atoms with Crippen molar-refractivity contribution in [1.82, 2.24) is 4.57 Å². The molecule has 0 aliphatic heterocycles. The molecule has 0 atom stereocenters. The maximum Gasteiger partial charge on any atom is 0.269 e. The summed E-state index contributed by atoms with van der Waals surface area (Å²) in [6.07, 6.45) is 0. The summed E-state index contributed by atoms with van der Waals surface area (Å²) in [7, 11) is 1.70. The molecule has 0 saturated heterocycles. The van der Waals surface area contributed by atoms with Gasteiger partial charge in [-0.25, -0.2) is 0 Å². The largest absolute Gasteiger partial charge is 0.481 e. The first-order chi connectivity index (χ1) is 9.63. The van der Waals surface area contributed by atoms with Crippen LogP contribution < -0.4 is 10.3 Å². The smallest absolute Gasteiger partial charge is 0.269 e. The average Bonchev–Trinajstić information content (AvgIpc) is 2.46. The standard InChI is InChI=1S/C16H14ClNO2/c1-3-4-11-20-13-7-5-12(6-8-13)15-10-9-14(17)16(19)18(15)2/h5-10H,11H2,1-2H3. The molecule has 20 heavy (non-hydrogen) atoms. The number of benzene rings is 1. The van der Waals surface area contributed by atoms with Gasteiger partial charge in [0, 0.05) is 7.05 Å². The van der Waals surface area contributed by atoms with Crippen molar-refractivity contribution in [3.63, 3.8) is 0 Å². The zero-order chi connectivity index (χ0) is 14.5. The quantitative estimate of drug-likeness (QED) is 0.812. The van der Waals surface area contributed by atoms with Crippen LogP contribution in [0, 0.1) is 11.8 Å². The molecule has 2 aromatic rings. The van der Waals surface area contributed by atoms with Crippen molar-refractivity contribution >= 4 is 11.6 Å². The number of rotatable bonds is 3. The summed E-state index contributed by atoms with van der Waals surface area (Å²) in [5.41, 5.74) is 1.53. The molecule has 0 fully saturated rings. The Hall–Kier alpha value is -2.18. The normalized spacial score (nSPS) is 9.75. The van der Waals surface area contributed by atoms with Gasteiger partial charge in [0.1, 0.15) is 17.4 Å². The number of nitrogens with zero attached hydrogens (tertiary/aromatic N) is 1. The van der Waals surface area contributed by atoms with Gasteiger partial charge in [0.15, 0.2) is 0 Å². The van der Waals surface area contributed by atoms with Crippen LogP contribution in [0.3, 0.4) is 0 Å². The molecule has 0 spiro atoms. The van der Waals surface area contributed by atoms with E-state index in [1.807, 2.05) is 30.3 Å². The molecule has 3 nitrogen and oxygen atoms in total. The highest BCUT2D eigenvalue weighted by atomic mass is 35.5. The topological polar surface area (TPSA) is 31.2 Å². The molecule has 0 amide bonds. The van der Waals surface area contributed by atoms with Crippen LogP contribution in [0.5, 0.6) is 5.75 Å². The molecule has 102 valence electrons. The average molecular weight is 288 g/mol. The van der Waals surface area contributed by atoms with Crippen LogP contribution in [0.2, 0.25) is 5.02 Å². The van der Waals surface area contributed by atoms with Gasteiger partial charge in [-0.05, 0) is 48.9 Å². The molecule has 4 heteroatoms. The lowest BCUT2D eigenvalue weighted by Crippen LogP contribution is -2.18. The van der Waals surface area contributed by atoms with Gasteiger partial charge in [-0.2, -0.15) is 0 Å². The molecule has 0 bridgehead atoms. The lowest BCUT2D eigenvalue weighted by atomic mass is 10.1. The molecule has 0 N–H and O–H groups in total. The van der Waals surface area contributed by atoms with Gasteiger partial charge in [-0.15, -0.1) is 5.92 Å². The second-order valence-electron chi connectivity index (χ2n) is 4.17. The van der Waals surface area contributed by atoms with Crippen molar-refractivity contribution in [2.45, 2.75) is 6.92 Å². The van der Waals surface area contributed by atoms with Gasteiger partial charge in [0.05, 0.1) is 5.69 Å². The van der Waals surface area contributed by atoms with E-state index in [9.17, 15) is 4.79 Å². The Bertz CT molecular complexity index is 721. The van der Waals surface area contributed by atoms with Crippen molar-refractivity contribution in [3.8, 4) is 28.8 Å². The van der Waals surface area contributed by atoms with E-state index in [0.29, 0.717) is 6.61 Å². The first kappa shape index (κ1) is 14.2. The van der Waals surface area contributed by atoms with Gasteiger partial charge in [-0.1, -0.05) is 17.5 Å². The van der Waals surface area contributed by atoms with Crippen molar-refractivity contribution in [2.24, 2.45) is 7.05 Å². The van der Waals surface area contributed by atoms with Gasteiger partial charge in [-0.3, -0.25) is 4.79 Å². The van der Waals surface area contributed by atoms with E-state index in [1.54, 1.807) is 20.0 Å². The van der Waals surface area contributed by atoms with E-state index in [0.717, 1.165) is 17.0 Å². The molecule has 1 aromatic heterocycles. The third kappa shape index (κ3) is 3.04. The molecule has 0 radical (unpaired) electrons. The molecular formula is C16H14ClNO2. The Labute approximate surface area is 122 Å². The fourth-order valence-electron chi connectivity index (χ4n) is 1.81. The first-order valence-electron chi connectivity index (χ1n) is 6.12. The Kier molecular flexibility index (Phi) is 4.49.